The minimum absolute atomic E-state index is 0.312. The molecule has 0 radical (unpaired) electrons. The number of nitrogens with zero attached hydrogens (tertiary/aromatic N) is 4. The van der Waals surface area contributed by atoms with Crippen molar-refractivity contribution in [1.29, 1.82) is 0 Å². The zero-order valence-electron chi connectivity index (χ0n) is 13.5. The normalized spacial score (nSPS) is 24.8. The van der Waals surface area contributed by atoms with E-state index in [-0.39, 0.29) is 0 Å². The Morgan fingerprint density at radius 1 is 1.19 bits per heavy atom. The summed E-state index contributed by atoms with van der Waals surface area (Å²) in [5.74, 6) is 2.31. The lowest BCUT2D eigenvalue weighted by molar-refractivity contribution is 0.281. The van der Waals surface area contributed by atoms with Crippen LogP contribution in [0.15, 0.2) is 0 Å². The molecule has 0 aromatic carbocycles. The van der Waals surface area contributed by atoms with Crippen LogP contribution in [0.5, 0.6) is 0 Å². The minimum atomic E-state index is 0.312. The summed E-state index contributed by atoms with van der Waals surface area (Å²) < 4.78 is 2.32. The van der Waals surface area contributed by atoms with Crippen LogP contribution >= 0.6 is 0 Å². The van der Waals surface area contributed by atoms with E-state index in [0.717, 1.165) is 18.8 Å². The fraction of sp³-hybridized carbons (Fsp3) is 0.875. The van der Waals surface area contributed by atoms with Gasteiger partial charge in [0, 0.05) is 19.0 Å². The number of hydrogen-bond donors (Lipinski definition) is 1. The summed E-state index contributed by atoms with van der Waals surface area (Å²) in [7, 11) is 0. The molecule has 1 N–H and O–H groups in total. The largest absolute Gasteiger partial charge is 0.314 e. The molecule has 5 nitrogen and oxygen atoms in total. The van der Waals surface area contributed by atoms with Crippen LogP contribution in [-0.4, -0.2) is 45.3 Å². The Kier molecular flexibility index (Phi) is 4.91. The SMILES string of the molecule is CCCN1CCCC(NC(C)c2nnc3n2CCC3)CC1. The molecule has 1 saturated heterocycles. The van der Waals surface area contributed by atoms with Gasteiger partial charge in [-0.05, 0) is 58.7 Å². The lowest BCUT2D eigenvalue weighted by Gasteiger charge is -2.22. The number of fused-ring (bicyclic) bond motifs is 1. The number of hydrogen-bond acceptors (Lipinski definition) is 4. The number of likely N-dealkylation sites (tertiary alicyclic amines) is 1. The molecular formula is C16H29N5. The smallest absolute Gasteiger partial charge is 0.149 e. The van der Waals surface area contributed by atoms with Crippen LogP contribution in [0.4, 0.5) is 0 Å². The molecule has 118 valence electrons. The standard InChI is InChI=1S/C16H29N5/c1-3-9-20-10-4-6-14(8-12-20)17-13(2)16-19-18-15-7-5-11-21(15)16/h13-14,17H,3-12H2,1-2H3. The van der Waals surface area contributed by atoms with Crippen molar-refractivity contribution in [2.75, 3.05) is 19.6 Å². The number of nitrogens with one attached hydrogen (secondary N) is 1. The lowest BCUT2D eigenvalue weighted by atomic mass is 10.1. The van der Waals surface area contributed by atoms with Gasteiger partial charge in [-0.2, -0.15) is 0 Å². The van der Waals surface area contributed by atoms with Gasteiger partial charge in [0.05, 0.1) is 6.04 Å². The van der Waals surface area contributed by atoms with Crippen molar-refractivity contribution in [3.8, 4) is 0 Å². The minimum Gasteiger partial charge on any atom is -0.314 e. The van der Waals surface area contributed by atoms with Gasteiger partial charge in [0.1, 0.15) is 11.6 Å². The van der Waals surface area contributed by atoms with E-state index in [1.807, 2.05) is 0 Å². The van der Waals surface area contributed by atoms with Gasteiger partial charge >= 0.3 is 0 Å². The third kappa shape index (κ3) is 3.46. The van der Waals surface area contributed by atoms with Crippen LogP contribution in [0.3, 0.4) is 0 Å². The third-order valence-electron chi connectivity index (χ3n) is 4.87. The Morgan fingerprint density at radius 3 is 2.95 bits per heavy atom. The van der Waals surface area contributed by atoms with E-state index >= 15 is 0 Å². The van der Waals surface area contributed by atoms with Gasteiger partial charge in [-0.1, -0.05) is 6.92 Å². The van der Waals surface area contributed by atoms with E-state index < -0.39 is 0 Å². The predicted molar refractivity (Wildman–Crippen MR) is 84.3 cm³/mol. The van der Waals surface area contributed by atoms with Crippen molar-refractivity contribution in [2.45, 2.75) is 71.0 Å². The number of aromatic nitrogens is 3. The molecule has 21 heavy (non-hydrogen) atoms. The maximum atomic E-state index is 4.41. The highest BCUT2D eigenvalue weighted by Gasteiger charge is 2.24. The van der Waals surface area contributed by atoms with E-state index in [1.165, 1.54) is 57.6 Å². The molecule has 0 saturated carbocycles. The average molecular weight is 291 g/mol. The number of aryl methyl sites for hydroxylation is 1. The van der Waals surface area contributed by atoms with Crippen molar-refractivity contribution in [1.82, 2.24) is 25.0 Å². The first kappa shape index (κ1) is 15.0. The molecule has 0 spiro atoms. The summed E-state index contributed by atoms with van der Waals surface area (Å²) >= 11 is 0. The molecule has 3 heterocycles. The Morgan fingerprint density at radius 2 is 2.10 bits per heavy atom. The average Bonchev–Trinajstić information content (AvgIpc) is 3.00. The monoisotopic (exact) mass is 291 g/mol. The van der Waals surface area contributed by atoms with E-state index in [9.17, 15) is 0 Å². The Bertz CT molecular complexity index is 456. The van der Waals surface area contributed by atoms with Crippen LogP contribution in [0.2, 0.25) is 0 Å². The Hall–Kier alpha value is -0.940. The molecule has 0 aliphatic carbocycles. The quantitative estimate of drug-likeness (QED) is 0.903. The zero-order chi connectivity index (χ0) is 14.7. The fourth-order valence-electron chi connectivity index (χ4n) is 3.78. The Labute approximate surface area is 128 Å². The molecule has 2 aliphatic heterocycles. The van der Waals surface area contributed by atoms with Crippen molar-refractivity contribution < 1.29 is 0 Å². The van der Waals surface area contributed by atoms with Gasteiger partial charge < -0.3 is 14.8 Å². The highest BCUT2D eigenvalue weighted by atomic mass is 15.3. The lowest BCUT2D eigenvalue weighted by Crippen LogP contribution is -2.34. The molecule has 2 atom stereocenters. The molecule has 5 heteroatoms. The van der Waals surface area contributed by atoms with Crippen LogP contribution < -0.4 is 5.32 Å². The highest BCUT2D eigenvalue weighted by Crippen LogP contribution is 2.21. The topological polar surface area (TPSA) is 46.0 Å². The molecule has 2 unspecified atom stereocenters. The van der Waals surface area contributed by atoms with Gasteiger partial charge in [0.2, 0.25) is 0 Å². The van der Waals surface area contributed by atoms with Crippen molar-refractivity contribution in [3.63, 3.8) is 0 Å². The second kappa shape index (κ2) is 6.88. The molecular weight excluding hydrogens is 262 g/mol. The molecule has 3 rings (SSSR count). The van der Waals surface area contributed by atoms with Crippen LogP contribution in [0.1, 0.15) is 63.6 Å². The van der Waals surface area contributed by atoms with Crippen molar-refractivity contribution >= 4 is 0 Å². The molecule has 1 aromatic rings. The second-order valence-corrected chi connectivity index (χ2v) is 6.59. The highest BCUT2D eigenvalue weighted by molar-refractivity contribution is 5.04. The van der Waals surface area contributed by atoms with Gasteiger partial charge in [-0.15, -0.1) is 10.2 Å². The second-order valence-electron chi connectivity index (χ2n) is 6.59. The summed E-state index contributed by atoms with van der Waals surface area (Å²) in [5.41, 5.74) is 0. The molecule has 1 fully saturated rings. The third-order valence-corrected chi connectivity index (χ3v) is 4.87. The van der Waals surface area contributed by atoms with E-state index in [0.29, 0.717) is 12.1 Å². The Balaban J connectivity index is 1.56. The molecule has 1 aromatic heterocycles. The van der Waals surface area contributed by atoms with Crippen LogP contribution in [-0.2, 0) is 13.0 Å². The van der Waals surface area contributed by atoms with Crippen molar-refractivity contribution in [3.05, 3.63) is 11.6 Å². The first-order valence-electron chi connectivity index (χ1n) is 8.68. The van der Waals surface area contributed by atoms with E-state index in [4.69, 9.17) is 0 Å². The summed E-state index contributed by atoms with van der Waals surface area (Å²) in [4.78, 5) is 2.61. The van der Waals surface area contributed by atoms with Crippen LogP contribution in [0, 0.1) is 0 Å². The first-order chi connectivity index (χ1) is 10.3. The van der Waals surface area contributed by atoms with Gasteiger partial charge in [-0.25, -0.2) is 0 Å². The summed E-state index contributed by atoms with van der Waals surface area (Å²) in [6.07, 6.45) is 7.43. The van der Waals surface area contributed by atoms with Gasteiger partial charge in [0.25, 0.3) is 0 Å². The predicted octanol–water partition coefficient (Wildman–Crippen LogP) is 2.14. The summed E-state index contributed by atoms with van der Waals surface area (Å²) in [5, 5.41) is 12.5. The van der Waals surface area contributed by atoms with Crippen molar-refractivity contribution in [2.24, 2.45) is 0 Å². The molecule has 2 aliphatic rings. The first-order valence-corrected chi connectivity index (χ1v) is 8.68. The summed E-state index contributed by atoms with van der Waals surface area (Å²) in [6.45, 7) is 9.36. The maximum absolute atomic E-state index is 4.41. The maximum Gasteiger partial charge on any atom is 0.149 e. The van der Waals surface area contributed by atoms with Crippen LogP contribution in [0.25, 0.3) is 0 Å². The fourth-order valence-corrected chi connectivity index (χ4v) is 3.78. The van der Waals surface area contributed by atoms with E-state index in [1.54, 1.807) is 0 Å². The zero-order valence-corrected chi connectivity index (χ0v) is 13.5. The van der Waals surface area contributed by atoms with E-state index in [2.05, 4.69) is 38.8 Å². The molecule has 0 bridgehead atoms. The van der Waals surface area contributed by atoms with Gasteiger partial charge in [-0.3, -0.25) is 0 Å². The molecule has 0 amide bonds. The number of rotatable bonds is 5. The summed E-state index contributed by atoms with van der Waals surface area (Å²) in [6, 6.07) is 0.934. The van der Waals surface area contributed by atoms with Gasteiger partial charge in [0.15, 0.2) is 0 Å².